The molecule has 1 saturated heterocycles. The molecule has 0 saturated carbocycles. The molecule has 112 valence electrons. The molecule has 0 spiro atoms. The fraction of sp³-hybridized carbons (Fsp3) is 0.625. The Labute approximate surface area is 127 Å². The highest BCUT2D eigenvalue weighted by molar-refractivity contribution is 6.32. The van der Waals surface area contributed by atoms with Crippen LogP contribution in [-0.4, -0.2) is 32.3 Å². The van der Waals surface area contributed by atoms with Crippen molar-refractivity contribution in [2.24, 2.45) is 5.92 Å². The van der Waals surface area contributed by atoms with Crippen molar-refractivity contribution in [2.75, 3.05) is 25.1 Å². The topological polar surface area (TPSA) is 24.5 Å². The number of nitrogens with zero attached hydrogens (tertiary/aromatic N) is 1. The van der Waals surface area contributed by atoms with Crippen molar-refractivity contribution >= 4 is 17.3 Å². The van der Waals surface area contributed by atoms with E-state index in [1.165, 1.54) is 5.69 Å². The van der Waals surface area contributed by atoms with Gasteiger partial charge in [0.15, 0.2) is 0 Å². The van der Waals surface area contributed by atoms with E-state index in [4.69, 9.17) is 16.3 Å². The Kier molecular flexibility index (Phi) is 5.17. The first-order valence-electron chi connectivity index (χ1n) is 7.40. The minimum atomic E-state index is 0.502. The molecule has 1 N–H and O–H groups in total. The summed E-state index contributed by atoms with van der Waals surface area (Å²) in [6, 6.07) is 7.14. The van der Waals surface area contributed by atoms with Crippen LogP contribution in [0, 0.1) is 5.92 Å². The van der Waals surface area contributed by atoms with Crippen LogP contribution in [0.5, 0.6) is 5.75 Å². The third kappa shape index (κ3) is 3.21. The molecule has 20 heavy (non-hydrogen) atoms. The highest BCUT2D eigenvalue weighted by atomic mass is 35.5. The Morgan fingerprint density at radius 1 is 1.45 bits per heavy atom. The molecule has 1 aromatic rings. The van der Waals surface area contributed by atoms with Crippen LogP contribution in [0.25, 0.3) is 0 Å². The Balaban J connectivity index is 2.27. The lowest BCUT2D eigenvalue weighted by Gasteiger charge is -2.44. The van der Waals surface area contributed by atoms with Crippen LogP contribution in [-0.2, 0) is 0 Å². The molecular formula is C16H25ClN2O. The number of methoxy groups -OCH3 is 1. The van der Waals surface area contributed by atoms with E-state index in [1.54, 1.807) is 7.11 Å². The van der Waals surface area contributed by atoms with Crippen molar-refractivity contribution in [3.8, 4) is 5.75 Å². The number of benzene rings is 1. The summed E-state index contributed by atoms with van der Waals surface area (Å²) < 4.78 is 5.24. The zero-order chi connectivity index (χ0) is 14.7. The highest BCUT2D eigenvalue weighted by Crippen LogP contribution is 2.32. The lowest BCUT2D eigenvalue weighted by molar-refractivity contribution is 0.333. The first kappa shape index (κ1) is 15.5. The standard InChI is InChI=1S/C16H25ClN2O/c1-5-12-10-19(15(9-18-12)11(2)3)13-6-7-16(20-4)14(17)8-13/h6-8,11-12,15,18H,5,9-10H2,1-4H3. The zero-order valence-electron chi connectivity index (χ0n) is 12.8. The van der Waals surface area contributed by atoms with E-state index in [-0.39, 0.29) is 0 Å². The smallest absolute Gasteiger partial charge is 0.137 e. The van der Waals surface area contributed by atoms with Gasteiger partial charge in [-0.25, -0.2) is 0 Å². The SMILES string of the molecule is CCC1CN(c2ccc(OC)c(Cl)c2)C(C(C)C)CN1. The number of piperazine rings is 1. The van der Waals surface area contributed by atoms with Crippen molar-refractivity contribution in [3.63, 3.8) is 0 Å². The van der Waals surface area contributed by atoms with Crippen LogP contribution >= 0.6 is 11.6 Å². The molecule has 1 heterocycles. The third-order valence-electron chi connectivity index (χ3n) is 4.16. The minimum absolute atomic E-state index is 0.502. The quantitative estimate of drug-likeness (QED) is 0.919. The van der Waals surface area contributed by atoms with Crippen molar-refractivity contribution in [1.82, 2.24) is 5.32 Å². The van der Waals surface area contributed by atoms with Gasteiger partial charge in [0.2, 0.25) is 0 Å². The summed E-state index contributed by atoms with van der Waals surface area (Å²) >= 11 is 6.28. The fourth-order valence-electron chi connectivity index (χ4n) is 2.83. The van der Waals surface area contributed by atoms with Crippen molar-refractivity contribution in [3.05, 3.63) is 23.2 Å². The van der Waals surface area contributed by atoms with Gasteiger partial charge >= 0.3 is 0 Å². The predicted molar refractivity (Wildman–Crippen MR) is 86.1 cm³/mol. The molecule has 1 aromatic carbocycles. The van der Waals surface area contributed by atoms with Gasteiger partial charge in [-0.2, -0.15) is 0 Å². The van der Waals surface area contributed by atoms with Gasteiger partial charge in [0.25, 0.3) is 0 Å². The summed E-state index contributed by atoms with van der Waals surface area (Å²) in [5.74, 6) is 1.33. The summed E-state index contributed by atoms with van der Waals surface area (Å²) in [4.78, 5) is 2.49. The van der Waals surface area contributed by atoms with E-state index in [9.17, 15) is 0 Å². The lowest BCUT2D eigenvalue weighted by atomic mass is 9.97. The van der Waals surface area contributed by atoms with Gasteiger partial charge in [0, 0.05) is 30.9 Å². The van der Waals surface area contributed by atoms with Crippen molar-refractivity contribution < 1.29 is 4.74 Å². The summed E-state index contributed by atoms with van der Waals surface area (Å²) in [5.41, 5.74) is 1.19. The Hall–Kier alpha value is -0.930. The van der Waals surface area contributed by atoms with Gasteiger partial charge in [0.05, 0.1) is 12.1 Å². The van der Waals surface area contributed by atoms with Crippen LogP contribution < -0.4 is 15.0 Å². The van der Waals surface area contributed by atoms with Gasteiger partial charge in [-0.1, -0.05) is 32.4 Å². The van der Waals surface area contributed by atoms with Crippen LogP contribution in [0.2, 0.25) is 5.02 Å². The number of anilines is 1. The van der Waals surface area contributed by atoms with Gasteiger partial charge in [0.1, 0.15) is 5.75 Å². The molecule has 4 heteroatoms. The second kappa shape index (κ2) is 6.68. The maximum absolute atomic E-state index is 6.28. The first-order valence-corrected chi connectivity index (χ1v) is 7.78. The molecule has 0 aliphatic carbocycles. The predicted octanol–water partition coefficient (Wildman–Crippen LogP) is 3.56. The van der Waals surface area contributed by atoms with Crippen molar-refractivity contribution in [2.45, 2.75) is 39.3 Å². The second-order valence-electron chi connectivity index (χ2n) is 5.80. The Morgan fingerprint density at radius 2 is 2.20 bits per heavy atom. The van der Waals surface area contributed by atoms with Gasteiger partial charge < -0.3 is 15.0 Å². The maximum atomic E-state index is 6.28. The van der Waals surface area contributed by atoms with E-state index >= 15 is 0 Å². The van der Waals surface area contributed by atoms with E-state index in [2.05, 4.69) is 37.1 Å². The third-order valence-corrected chi connectivity index (χ3v) is 4.46. The van der Waals surface area contributed by atoms with E-state index < -0.39 is 0 Å². The van der Waals surface area contributed by atoms with Crippen LogP contribution in [0.4, 0.5) is 5.69 Å². The Morgan fingerprint density at radius 3 is 2.75 bits per heavy atom. The molecule has 1 fully saturated rings. The molecule has 3 nitrogen and oxygen atoms in total. The normalized spacial score (nSPS) is 23.2. The molecule has 0 aromatic heterocycles. The molecular weight excluding hydrogens is 272 g/mol. The van der Waals surface area contributed by atoms with Crippen LogP contribution in [0.3, 0.4) is 0 Å². The maximum Gasteiger partial charge on any atom is 0.137 e. The lowest BCUT2D eigenvalue weighted by Crippen LogP contribution is -2.58. The number of halogens is 1. The second-order valence-corrected chi connectivity index (χ2v) is 6.20. The van der Waals surface area contributed by atoms with E-state index in [1.807, 2.05) is 12.1 Å². The average Bonchev–Trinajstić information content (AvgIpc) is 2.46. The molecule has 1 aliphatic rings. The van der Waals surface area contributed by atoms with Gasteiger partial charge in [-0.15, -0.1) is 0 Å². The number of rotatable bonds is 4. The molecule has 2 rings (SSSR count). The fourth-order valence-corrected chi connectivity index (χ4v) is 3.09. The average molecular weight is 297 g/mol. The molecule has 2 unspecified atom stereocenters. The van der Waals surface area contributed by atoms with Crippen LogP contribution in [0.1, 0.15) is 27.2 Å². The number of hydrogen-bond donors (Lipinski definition) is 1. The number of nitrogens with one attached hydrogen (secondary N) is 1. The molecule has 1 aliphatic heterocycles. The molecule has 0 radical (unpaired) electrons. The minimum Gasteiger partial charge on any atom is -0.495 e. The largest absolute Gasteiger partial charge is 0.495 e. The molecule has 0 bridgehead atoms. The first-order chi connectivity index (χ1) is 9.56. The summed E-state index contributed by atoms with van der Waals surface area (Å²) in [7, 11) is 1.65. The molecule has 0 amide bonds. The summed E-state index contributed by atoms with van der Waals surface area (Å²) in [6.45, 7) is 8.84. The zero-order valence-corrected chi connectivity index (χ0v) is 13.6. The number of ether oxygens (including phenoxy) is 1. The summed E-state index contributed by atoms with van der Waals surface area (Å²) in [6.07, 6.45) is 1.14. The number of hydrogen-bond acceptors (Lipinski definition) is 3. The van der Waals surface area contributed by atoms with Gasteiger partial charge in [-0.3, -0.25) is 0 Å². The summed E-state index contributed by atoms with van der Waals surface area (Å²) in [5, 5.41) is 4.32. The van der Waals surface area contributed by atoms with E-state index in [0.717, 1.165) is 25.3 Å². The van der Waals surface area contributed by atoms with Crippen LogP contribution in [0.15, 0.2) is 18.2 Å². The van der Waals surface area contributed by atoms with Crippen molar-refractivity contribution in [1.29, 1.82) is 0 Å². The van der Waals surface area contributed by atoms with Gasteiger partial charge in [-0.05, 0) is 30.5 Å². The molecule has 2 atom stereocenters. The van der Waals surface area contributed by atoms with E-state index in [0.29, 0.717) is 23.0 Å². The monoisotopic (exact) mass is 296 g/mol. The Bertz CT molecular complexity index is 450. The highest BCUT2D eigenvalue weighted by Gasteiger charge is 2.29.